The van der Waals surface area contributed by atoms with Gasteiger partial charge in [0.05, 0.1) is 18.1 Å². The topological polar surface area (TPSA) is 39.2 Å². The first-order valence-electron chi connectivity index (χ1n) is 5.51. The monoisotopic (exact) mass is 273 g/mol. The molecule has 0 spiro atoms. The molecule has 102 valence electrons. The summed E-state index contributed by atoms with van der Waals surface area (Å²) in [4.78, 5) is 0. The van der Waals surface area contributed by atoms with E-state index < -0.39 is 23.6 Å². The fraction of sp³-hybridized carbons (Fsp3) is 0.231. The van der Waals surface area contributed by atoms with Crippen molar-refractivity contribution >= 4 is 0 Å². The molecule has 1 unspecified atom stereocenters. The summed E-state index contributed by atoms with van der Waals surface area (Å²) in [6.45, 7) is 0. The molecule has 0 aliphatic heterocycles. The average molecular weight is 273 g/mol. The van der Waals surface area contributed by atoms with E-state index in [4.69, 9.17) is 10.2 Å². The lowest BCUT2D eigenvalue weighted by Gasteiger charge is -2.14. The molecule has 0 aliphatic rings. The largest absolute Gasteiger partial charge is 0.472 e. The highest BCUT2D eigenvalue weighted by Gasteiger charge is 2.34. The van der Waals surface area contributed by atoms with Crippen LogP contribution in [0, 0.1) is 5.82 Å². The maximum atomic E-state index is 13.1. The average Bonchev–Trinajstić information content (AvgIpc) is 2.80. The Hall–Kier alpha value is -1.82. The van der Waals surface area contributed by atoms with Gasteiger partial charge in [-0.15, -0.1) is 0 Å². The van der Waals surface area contributed by atoms with Crippen LogP contribution in [0.5, 0.6) is 0 Å². The fourth-order valence-electron chi connectivity index (χ4n) is 1.77. The molecule has 1 aromatic carbocycles. The van der Waals surface area contributed by atoms with Crippen molar-refractivity contribution in [2.75, 3.05) is 0 Å². The number of alkyl halides is 3. The van der Waals surface area contributed by atoms with Gasteiger partial charge in [0.1, 0.15) is 5.82 Å². The molecule has 0 bridgehead atoms. The molecule has 0 aliphatic carbocycles. The first-order valence-corrected chi connectivity index (χ1v) is 5.51. The van der Waals surface area contributed by atoms with E-state index in [0.717, 1.165) is 17.7 Å². The molecular weight excluding hydrogens is 262 g/mol. The maximum Gasteiger partial charge on any atom is 0.419 e. The van der Waals surface area contributed by atoms with Crippen molar-refractivity contribution < 1.29 is 22.0 Å². The van der Waals surface area contributed by atoms with Gasteiger partial charge in [-0.25, -0.2) is 4.39 Å². The predicted molar refractivity (Wildman–Crippen MR) is 60.7 cm³/mol. The molecule has 2 aromatic rings. The summed E-state index contributed by atoms with van der Waals surface area (Å²) in [5, 5.41) is 0. The number of furan rings is 1. The van der Waals surface area contributed by atoms with Crippen LogP contribution in [0.25, 0.3) is 0 Å². The van der Waals surface area contributed by atoms with E-state index in [1.165, 1.54) is 18.6 Å². The van der Waals surface area contributed by atoms with Crippen molar-refractivity contribution in [1.82, 2.24) is 0 Å². The standard InChI is InChI=1S/C13H11F4NO/c14-11-2-1-9(6-10(11)13(15,16)17)12(18)5-8-3-4-19-7-8/h1-4,6-7,12H,5,18H2. The highest BCUT2D eigenvalue weighted by Crippen LogP contribution is 2.33. The number of nitrogens with two attached hydrogens (primary N) is 1. The summed E-state index contributed by atoms with van der Waals surface area (Å²) in [5.74, 6) is -1.30. The van der Waals surface area contributed by atoms with Crippen molar-refractivity contribution in [2.24, 2.45) is 5.73 Å². The Morgan fingerprint density at radius 1 is 1.21 bits per heavy atom. The molecular formula is C13H11F4NO. The molecule has 1 atom stereocenters. The first-order chi connectivity index (χ1) is 8.88. The second-order valence-corrected chi connectivity index (χ2v) is 4.18. The Labute approximate surface area is 106 Å². The van der Waals surface area contributed by atoms with E-state index in [2.05, 4.69) is 0 Å². The zero-order valence-electron chi connectivity index (χ0n) is 9.75. The minimum absolute atomic E-state index is 0.231. The van der Waals surface area contributed by atoms with Gasteiger partial charge in [-0.3, -0.25) is 0 Å². The molecule has 19 heavy (non-hydrogen) atoms. The van der Waals surface area contributed by atoms with E-state index in [0.29, 0.717) is 6.42 Å². The molecule has 0 saturated carbocycles. The predicted octanol–water partition coefficient (Wildman–Crippen LogP) is 3.68. The van der Waals surface area contributed by atoms with Gasteiger partial charge < -0.3 is 10.2 Å². The van der Waals surface area contributed by atoms with Gasteiger partial charge in [0.15, 0.2) is 0 Å². The molecule has 1 aromatic heterocycles. The van der Waals surface area contributed by atoms with Crippen LogP contribution < -0.4 is 5.73 Å². The maximum absolute atomic E-state index is 13.1. The molecule has 0 fully saturated rings. The Balaban J connectivity index is 2.25. The molecule has 0 radical (unpaired) electrons. The smallest absolute Gasteiger partial charge is 0.419 e. The van der Waals surface area contributed by atoms with Gasteiger partial charge in [-0.1, -0.05) is 6.07 Å². The third-order valence-corrected chi connectivity index (χ3v) is 2.76. The number of benzene rings is 1. The third kappa shape index (κ3) is 3.14. The van der Waals surface area contributed by atoms with Crippen LogP contribution in [0.1, 0.15) is 22.7 Å². The van der Waals surface area contributed by atoms with Crippen molar-refractivity contribution in [3.8, 4) is 0 Å². The minimum atomic E-state index is -4.73. The molecule has 0 amide bonds. The zero-order valence-corrected chi connectivity index (χ0v) is 9.75. The summed E-state index contributed by atoms with van der Waals surface area (Å²) in [5.41, 5.74) is 5.52. The Kier molecular flexibility index (Phi) is 3.61. The number of rotatable bonds is 3. The van der Waals surface area contributed by atoms with Crippen molar-refractivity contribution in [3.05, 3.63) is 59.3 Å². The molecule has 0 saturated heterocycles. The third-order valence-electron chi connectivity index (χ3n) is 2.76. The van der Waals surface area contributed by atoms with Crippen molar-refractivity contribution in [2.45, 2.75) is 18.6 Å². The van der Waals surface area contributed by atoms with Gasteiger partial charge in [0.25, 0.3) is 0 Å². The second-order valence-electron chi connectivity index (χ2n) is 4.18. The van der Waals surface area contributed by atoms with Crippen LogP contribution in [-0.2, 0) is 12.6 Å². The van der Waals surface area contributed by atoms with Crippen LogP contribution in [0.15, 0.2) is 41.2 Å². The van der Waals surface area contributed by atoms with Crippen LogP contribution in [0.3, 0.4) is 0 Å². The highest BCUT2D eigenvalue weighted by molar-refractivity contribution is 5.30. The number of hydrogen-bond donors (Lipinski definition) is 1. The fourth-order valence-corrected chi connectivity index (χ4v) is 1.77. The quantitative estimate of drug-likeness (QED) is 0.866. The van der Waals surface area contributed by atoms with Crippen LogP contribution in [0.2, 0.25) is 0 Å². The van der Waals surface area contributed by atoms with E-state index in [1.54, 1.807) is 6.07 Å². The minimum Gasteiger partial charge on any atom is -0.472 e. The van der Waals surface area contributed by atoms with E-state index >= 15 is 0 Å². The Bertz CT molecular complexity index is 548. The normalized spacial score (nSPS) is 13.5. The van der Waals surface area contributed by atoms with Crippen molar-refractivity contribution in [1.29, 1.82) is 0 Å². The summed E-state index contributed by atoms with van der Waals surface area (Å²) >= 11 is 0. The lowest BCUT2D eigenvalue weighted by Crippen LogP contribution is -2.15. The number of halogens is 4. The highest BCUT2D eigenvalue weighted by atomic mass is 19.4. The lowest BCUT2D eigenvalue weighted by atomic mass is 9.99. The van der Waals surface area contributed by atoms with Crippen LogP contribution >= 0.6 is 0 Å². The van der Waals surface area contributed by atoms with Gasteiger partial charge in [0.2, 0.25) is 0 Å². The van der Waals surface area contributed by atoms with Crippen LogP contribution in [0.4, 0.5) is 17.6 Å². The Morgan fingerprint density at radius 2 is 1.95 bits per heavy atom. The van der Waals surface area contributed by atoms with E-state index in [9.17, 15) is 17.6 Å². The van der Waals surface area contributed by atoms with Gasteiger partial charge in [-0.05, 0) is 35.7 Å². The Morgan fingerprint density at radius 3 is 2.53 bits per heavy atom. The number of hydrogen-bond acceptors (Lipinski definition) is 2. The van der Waals surface area contributed by atoms with Gasteiger partial charge in [-0.2, -0.15) is 13.2 Å². The van der Waals surface area contributed by atoms with Crippen molar-refractivity contribution in [3.63, 3.8) is 0 Å². The van der Waals surface area contributed by atoms with E-state index in [1.807, 2.05) is 0 Å². The summed E-state index contributed by atoms with van der Waals surface area (Å²) < 4.78 is 55.7. The van der Waals surface area contributed by atoms with E-state index in [-0.39, 0.29) is 5.56 Å². The van der Waals surface area contributed by atoms with Crippen LogP contribution in [-0.4, -0.2) is 0 Å². The SMILES string of the molecule is NC(Cc1ccoc1)c1ccc(F)c(C(F)(F)F)c1. The first kappa shape index (κ1) is 13.6. The molecule has 6 heteroatoms. The molecule has 2 rings (SSSR count). The lowest BCUT2D eigenvalue weighted by molar-refractivity contribution is -0.140. The van der Waals surface area contributed by atoms with Gasteiger partial charge in [0, 0.05) is 6.04 Å². The zero-order chi connectivity index (χ0) is 14.0. The molecule has 2 N–H and O–H groups in total. The summed E-state index contributed by atoms with van der Waals surface area (Å²) in [6.07, 6.45) is -1.49. The summed E-state index contributed by atoms with van der Waals surface area (Å²) in [7, 11) is 0. The molecule has 2 nitrogen and oxygen atoms in total. The van der Waals surface area contributed by atoms with Gasteiger partial charge >= 0.3 is 6.18 Å². The summed E-state index contributed by atoms with van der Waals surface area (Å²) in [6, 6.07) is 3.82. The second kappa shape index (κ2) is 5.05. The molecule has 1 heterocycles.